The van der Waals surface area contributed by atoms with Crippen LogP contribution in [-0.2, 0) is 9.47 Å². The van der Waals surface area contributed by atoms with E-state index in [-0.39, 0.29) is 12.6 Å². The van der Waals surface area contributed by atoms with E-state index >= 15 is 0 Å². The lowest BCUT2D eigenvalue weighted by Gasteiger charge is -2.34. The van der Waals surface area contributed by atoms with Gasteiger partial charge in [0.25, 0.3) is 0 Å². The predicted molar refractivity (Wildman–Crippen MR) is 115 cm³/mol. The number of esters is 1. The molecule has 0 amide bonds. The molecule has 0 saturated carbocycles. The topological polar surface area (TPSA) is 71.5 Å². The number of aliphatic hydroxyl groups is 1. The van der Waals surface area contributed by atoms with Crippen LogP contribution in [0.25, 0.3) is 0 Å². The van der Waals surface area contributed by atoms with E-state index in [1.54, 1.807) is 31.2 Å². The van der Waals surface area contributed by atoms with Gasteiger partial charge in [-0.25, -0.2) is 4.79 Å². The predicted octanol–water partition coefficient (Wildman–Crippen LogP) is 2.04. The van der Waals surface area contributed by atoms with Crippen molar-refractivity contribution in [3.8, 4) is 5.75 Å². The lowest BCUT2D eigenvalue weighted by Crippen LogP contribution is -2.42. The maximum absolute atomic E-state index is 11.7. The second-order valence-corrected chi connectivity index (χ2v) is 8.20. The standard InChI is InChI=1S/C23H36N2O5/c1-2-29-23(27)20-3-5-22(6-4-20)30-18-21(26)17-25-11-8-19(9-12-25)7-10-24-13-15-28-16-14-24/h3-6,19,21,26H,2,7-18H2,1H3. The smallest absolute Gasteiger partial charge is 0.338 e. The van der Waals surface area contributed by atoms with Gasteiger partial charge in [0.05, 0.1) is 25.4 Å². The van der Waals surface area contributed by atoms with Crippen molar-refractivity contribution in [2.24, 2.45) is 5.92 Å². The minimum atomic E-state index is -0.528. The van der Waals surface area contributed by atoms with Crippen molar-refractivity contribution in [1.82, 2.24) is 9.80 Å². The Morgan fingerprint density at radius 1 is 1.13 bits per heavy atom. The van der Waals surface area contributed by atoms with Crippen LogP contribution in [0.15, 0.2) is 24.3 Å². The Labute approximate surface area is 179 Å². The zero-order valence-corrected chi connectivity index (χ0v) is 18.1. The van der Waals surface area contributed by atoms with E-state index in [1.807, 2.05) is 0 Å². The number of piperidine rings is 1. The van der Waals surface area contributed by atoms with Gasteiger partial charge in [-0.1, -0.05) is 0 Å². The Kier molecular flexibility index (Phi) is 9.39. The molecule has 7 nitrogen and oxygen atoms in total. The first-order valence-electron chi connectivity index (χ1n) is 11.2. The maximum atomic E-state index is 11.7. The molecular formula is C23H36N2O5. The number of hydrogen-bond donors (Lipinski definition) is 1. The molecule has 1 aromatic rings. The van der Waals surface area contributed by atoms with Gasteiger partial charge in [-0.05, 0) is 76.0 Å². The van der Waals surface area contributed by atoms with Crippen molar-refractivity contribution in [3.05, 3.63) is 29.8 Å². The molecule has 2 heterocycles. The number of ether oxygens (including phenoxy) is 3. The van der Waals surface area contributed by atoms with Gasteiger partial charge < -0.3 is 24.2 Å². The number of β-amino-alcohol motifs (C(OH)–C–C–N with tert-alkyl or cyclic N) is 1. The minimum absolute atomic E-state index is 0.246. The molecule has 30 heavy (non-hydrogen) atoms. The molecule has 2 fully saturated rings. The largest absolute Gasteiger partial charge is 0.491 e. The normalized spacial score (nSPS) is 20.1. The third kappa shape index (κ3) is 7.54. The van der Waals surface area contributed by atoms with Gasteiger partial charge in [0.1, 0.15) is 18.5 Å². The number of carbonyl (C=O) groups is 1. The van der Waals surface area contributed by atoms with Gasteiger partial charge in [-0.15, -0.1) is 0 Å². The zero-order chi connectivity index (χ0) is 21.2. The summed E-state index contributed by atoms with van der Waals surface area (Å²) in [4.78, 5) is 16.5. The van der Waals surface area contributed by atoms with Crippen LogP contribution in [0.2, 0.25) is 0 Å². The summed E-state index contributed by atoms with van der Waals surface area (Å²) < 4.78 is 16.1. The molecule has 0 spiro atoms. The molecule has 1 atom stereocenters. The van der Waals surface area contributed by atoms with E-state index in [0.29, 0.717) is 24.5 Å². The number of hydrogen-bond acceptors (Lipinski definition) is 7. The summed E-state index contributed by atoms with van der Waals surface area (Å²) in [6.07, 6.45) is 3.14. The Morgan fingerprint density at radius 3 is 2.50 bits per heavy atom. The van der Waals surface area contributed by atoms with Crippen molar-refractivity contribution >= 4 is 5.97 Å². The Balaban J connectivity index is 1.30. The van der Waals surface area contributed by atoms with Gasteiger partial charge in [0, 0.05) is 19.6 Å². The monoisotopic (exact) mass is 420 g/mol. The fourth-order valence-electron chi connectivity index (χ4n) is 4.09. The van der Waals surface area contributed by atoms with E-state index in [9.17, 15) is 9.90 Å². The van der Waals surface area contributed by atoms with E-state index in [0.717, 1.165) is 45.3 Å². The number of likely N-dealkylation sites (tertiary alicyclic amines) is 1. The van der Waals surface area contributed by atoms with Crippen molar-refractivity contribution in [2.45, 2.75) is 32.3 Å². The second kappa shape index (κ2) is 12.2. The molecule has 168 valence electrons. The molecule has 1 N–H and O–H groups in total. The maximum Gasteiger partial charge on any atom is 0.338 e. The van der Waals surface area contributed by atoms with Crippen LogP contribution in [0.5, 0.6) is 5.75 Å². The molecule has 2 saturated heterocycles. The third-order valence-corrected chi connectivity index (χ3v) is 5.94. The van der Waals surface area contributed by atoms with Crippen LogP contribution >= 0.6 is 0 Å². The van der Waals surface area contributed by atoms with Crippen LogP contribution in [0, 0.1) is 5.92 Å². The van der Waals surface area contributed by atoms with Crippen molar-refractivity contribution < 1.29 is 24.1 Å². The summed E-state index contributed by atoms with van der Waals surface area (Å²) in [7, 11) is 0. The molecule has 2 aliphatic rings. The van der Waals surface area contributed by atoms with E-state index in [2.05, 4.69) is 9.80 Å². The second-order valence-electron chi connectivity index (χ2n) is 8.20. The van der Waals surface area contributed by atoms with Crippen LogP contribution in [-0.4, -0.2) is 92.7 Å². The first-order valence-corrected chi connectivity index (χ1v) is 11.2. The summed E-state index contributed by atoms with van der Waals surface area (Å²) >= 11 is 0. The zero-order valence-electron chi connectivity index (χ0n) is 18.1. The van der Waals surface area contributed by atoms with Crippen LogP contribution in [0.3, 0.4) is 0 Å². The molecule has 0 aromatic heterocycles. The number of benzene rings is 1. The Hall–Kier alpha value is -1.67. The van der Waals surface area contributed by atoms with E-state index < -0.39 is 6.10 Å². The highest BCUT2D eigenvalue weighted by Crippen LogP contribution is 2.21. The van der Waals surface area contributed by atoms with Crippen molar-refractivity contribution in [2.75, 3.05) is 65.7 Å². The van der Waals surface area contributed by atoms with Crippen LogP contribution < -0.4 is 4.74 Å². The van der Waals surface area contributed by atoms with Crippen molar-refractivity contribution in [3.63, 3.8) is 0 Å². The molecular weight excluding hydrogens is 384 g/mol. The quantitative estimate of drug-likeness (QED) is 0.581. The molecule has 7 heteroatoms. The average Bonchev–Trinajstić information content (AvgIpc) is 2.78. The number of aliphatic hydroxyl groups excluding tert-OH is 1. The summed E-state index contributed by atoms with van der Waals surface area (Å²) in [5.41, 5.74) is 0.501. The van der Waals surface area contributed by atoms with Crippen LogP contribution in [0.4, 0.5) is 0 Å². The Morgan fingerprint density at radius 2 is 1.83 bits per heavy atom. The highest BCUT2D eigenvalue weighted by Gasteiger charge is 2.22. The summed E-state index contributed by atoms with van der Waals surface area (Å²) in [5, 5.41) is 10.4. The molecule has 0 aliphatic carbocycles. The molecule has 3 rings (SSSR count). The molecule has 1 aromatic carbocycles. The number of nitrogens with zero attached hydrogens (tertiary/aromatic N) is 2. The first-order chi connectivity index (χ1) is 14.6. The number of morpholine rings is 1. The first kappa shape index (κ1) is 23.0. The highest BCUT2D eigenvalue weighted by atomic mass is 16.5. The fourth-order valence-corrected chi connectivity index (χ4v) is 4.09. The summed E-state index contributed by atoms with van der Waals surface area (Å²) in [6.45, 7) is 10.2. The van der Waals surface area contributed by atoms with Crippen molar-refractivity contribution in [1.29, 1.82) is 0 Å². The number of carbonyl (C=O) groups excluding carboxylic acids is 1. The Bertz CT molecular complexity index is 625. The van der Waals surface area contributed by atoms with Gasteiger partial charge in [0.15, 0.2) is 0 Å². The molecule has 0 bridgehead atoms. The van der Waals surface area contributed by atoms with Gasteiger partial charge in [-0.3, -0.25) is 4.90 Å². The van der Waals surface area contributed by atoms with Gasteiger partial charge in [-0.2, -0.15) is 0 Å². The van der Waals surface area contributed by atoms with E-state index in [1.165, 1.54) is 25.8 Å². The highest BCUT2D eigenvalue weighted by molar-refractivity contribution is 5.89. The fraction of sp³-hybridized carbons (Fsp3) is 0.696. The summed E-state index contributed by atoms with van der Waals surface area (Å²) in [5.74, 6) is 1.09. The molecule has 0 radical (unpaired) electrons. The SMILES string of the molecule is CCOC(=O)c1ccc(OCC(O)CN2CCC(CCN3CCOCC3)CC2)cc1. The third-order valence-electron chi connectivity index (χ3n) is 5.94. The molecule has 2 aliphatic heterocycles. The average molecular weight is 421 g/mol. The molecule has 1 unspecified atom stereocenters. The van der Waals surface area contributed by atoms with Gasteiger partial charge in [0.2, 0.25) is 0 Å². The lowest BCUT2D eigenvalue weighted by atomic mass is 9.93. The van der Waals surface area contributed by atoms with Gasteiger partial charge >= 0.3 is 5.97 Å². The minimum Gasteiger partial charge on any atom is -0.491 e. The lowest BCUT2D eigenvalue weighted by molar-refractivity contribution is 0.0308. The van der Waals surface area contributed by atoms with Crippen LogP contribution in [0.1, 0.15) is 36.5 Å². The number of rotatable bonds is 10. The van der Waals surface area contributed by atoms with E-state index in [4.69, 9.17) is 14.2 Å². The summed E-state index contributed by atoms with van der Waals surface area (Å²) in [6, 6.07) is 6.83.